The molecule has 0 unspecified atom stereocenters. The third-order valence-corrected chi connectivity index (χ3v) is 6.45. The van der Waals surface area contributed by atoms with Crippen LogP contribution in [-0.4, -0.2) is 51.8 Å². The number of carbonyl (C=O) groups excluding carboxylic acids is 1. The Hall–Kier alpha value is -1.93. The molecule has 1 aromatic carbocycles. The highest BCUT2D eigenvalue weighted by Gasteiger charge is 2.28. The van der Waals surface area contributed by atoms with Crippen LogP contribution in [0.3, 0.4) is 0 Å². The second-order valence-corrected chi connectivity index (χ2v) is 8.54. The molecule has 3 aromatic rings. The number of aromatic nitrogens is 3. The first kappa shape index (κ1) is 17.5. The van der Waals surface area contributed by atoms with Gasteiger partial charge in [-0.1, -0.05) is 27.3 Å². The lowest BCUT2D eigenvalue weighted by molar-refractivity contribution is 0.0702. The molecule has 136 valence electrons. The van der Waals surface area contributed by atoms with Gasteiger partial charge in [-0.3, -0.25) is 9.48 Å². The van der Waals surface area contributed by atoms with Crippen LogP contribution in [0.1, 0.15) is 23.3 Å². The van der Waals surface area contributed by atoms with Crippen LogP contribution >= 0.6 is 27.3 Å². The molecule has 0 saturated carbocycles. The Morgan fingerprint density at radius 1 is 1.31 bits per heavy atom. The molecule has 4 rings (SSSR count). The van der Waals surface area contributed by atoms with Crippen molar-refractivity contribution in [1.29, 1.82) is 0 Å². The average molecular weight is 434 g/mol. The summed E-state index contributed by atoms with van der Waals surface area (Å²) in [5, 5.41) is 5.29. The van der Waals surface area contributed by atoms with E-state index >= 15 is 0 Å². The predicted octanol–water partition coefficient (Wildman–Crippen LogP) is 3.53. The molecule has 0 bridgehead atoms. The van der Waals surface area contributed by atoms with E-state index in [9.17, 15) is 4.79 Å². The van der Waals surface area contributed by atoms with Crippen molar-refractivity contribution in [3.63, 3.8) is 0 Å². The second-order valence-electron chi connectivity index (χ2n) is 6.62. The van der Waals surface area contributed by atoms with Crippen molar-refractivity contribution in [2.24, 2.45) is 7.05 Å². The Morgan fingerprint density at radius 2 is 2.08 bits per heavy atom. The first-order valence-corrected chi connectivity index (χ1v) is 10.2. The molecule has 3 heterocycles. The van der Waals surface area contributed by atoms with Gasteiger partial charge in [0, 0.05) is 43.9 Å². The van der Waals surface area contributed by atoms with Crippen molar-refractivity contribution in [3.8, 4) is 0 Å². The molecule has 1 saturated heterocycles. The van der Waals surface area contributed by atoms with E-state index in [1.807, 2.05) is 31.1 Å². The normalized spacial score (nSPS) is 15.6. The van der Waals surface area contributed by atoms with Crippen molar-refractivity contribution in [3.05, 3.63) is 40.6 Å². The van der Waals surface area contributed by atoms with Gasteiger partial charge in [-0.15, -0.1) is 0 Å². The number of hydrogen-bond donors (Lipinski definition) is 0. The lowest BCUT2D eigenvalue weighted by Crippen LogP contribution is -2.45. The third-order valence-electron chi connectivity index (χ3n) is 4.87. The zero-order valence-electron chi connectivity index (χ0n) is 14.7. The van der Waals surface area contributed by atoms with Gasteiger partial charge in [-0.05, 0) is 37.1 Å². The van der Waals surface area contributed by atoms with Gasteiger partial charge in [0.25, 0.3) is 5.91 Å². The number of anilines is 1. The van der Waals surface area contributed by atoms with Crippen LogP contribution in [0.25, 0.3) is 10.2 Å². The van der Waals surface area contributed by atoms with Gasteiger partial charge in [-0.2, -0.15) is 5.10 Å². The van der Waals surface area contributed by atoms with Crippen molar-refractivity contribution in [1.82, 2.24) is 19.7 Å². The zero-order chi connectivity index (χ0) is 18.3. The highest BCUT2D eigenvalue weighted by Crippen LogP contribution is 2.32. The van der Waals surface area contributed by atoms with Gasteiger partial charge in [0.05, 0.1) is 10.2 Å². The number of amides is 1. The first-order valence-electron chi connectivity index (χ1n) is 8.59. The predicted molar refractivity (Wildman–Crippen MR) is 108 cm³/mol. The number of aryl methyl sites for hydroxylation is 1. The smallest absolute Gasteiger partial charge is 0.274 e. The van der Waals surface area contributed by atoms with Crippen LogP contribution in [0, 0.1) is 0 Å². The van der Waals surface area contributed by atoms with Crippen LogP contribution in [0.15, 0.2) is 34.9 Å². The number of halogens is 1. The summed E-state index contributed by atoms with van der Waals surface area (Å²) in [6.45, 7) is 1.82. The molecule has 1 fully saturated rings. The highest BCUT2D eigenvalue weighted by atomic mass is 79.9. The number of carbonyl (C=O) groups is 1. The molecule has 0 atom stereocenters. The number of nitrogens with zero attached hydrogens (tertiary/aromatic N) is 5. The van der Waals surface area contributed by atoms with Gasteiger partial charge >= 0.3 is 0 Å². The molecule has 0 radical (unpaired) electrons. The highest BCUT2D eigenvalue weighted by molar-refractivity contribution is 9.10. The summed E-state index contributed by atoms with van der Waals surface area (Å²) in [6.07, 6.45) is 3.68. The Labute approximate surface area is 164 Å². The maximum absolute atomic E-state index is 12.6. The fourth-order valence-electron chi connectivity index (χ4n) is 3.34. The van der Waals surface area contributed by atoms with Gasteiger partial charge < -0.3 is 9.80 Å². The van der Waals surface area contributed by atoms with E-state index in [0.29, 0.717) is 5.69 Å². The van der Waals surface area contributed by atoms with Crippen LogP contribution in [0.2, 0.25) is 0 Å². The molecule has 8 heteroatoms. The standard InChI is InChI=1S/C18H20BrN5OS/c1-22-8-7-15(21-22)17(25)23(2)13-5-9-24(10-6-13)18-20-14-4-3-12(19)11-16(14)26-18/h3-4,7-8,11,13H,5-6,9-10H2,1-2H3. The van der Waals surface area contributed by atoms with Crippen LogP contribution in [-0.2, 0) is 7.05 Å². The van der Waals surface area contributed by atoms with E-state index in [-0.39, 0.29) is 11.9 Å². The van der Waals surface area contributed by atoms with E-state index < -0.39 is 0 Å². The van der Waals surface area contributed by atoms with Gasteiger partial charge in [0.2, 0.25) is 0 Å². The van der Waals surface area contributed by atoms with E-state index in [1.54, 1.807) is 28.3 Å². The number of thiazole rings is 1. The molecule has 0 aliphatic carbocycles. The second kappa shape index (κ2) is 7.00. The first-order chi connectivity index (χ1) is 12.5. The van der Waals surface area contributed by atoms with Crippen LogP contribution in [0.5, 0.6) is 0 Å². The van der Waals surface area contributed by atoms with Crippen molar-refractivity contribution in [2.75, 3.05) is 25.0 Å². The Kier molecular flexibility index (Phi) is 4.71. The number of piperidine rings is 1. The fraction of sp³-hybridized carbons (Fsp3) is 0.389. The molecular formula is C18H20BrN5OS. The molecule has 1 amide bonds. The van der Waals surface area contributed by atoms with E-state index in [2.05, 4.69) is 32.0 Å². The summed E-state index contributed by atoms with van der Waals surface area (Å²) < 4.78 is 3.93. The minimum atomic E-state index is -0.00566. The largest absolute Gasteiger partial charge is 0.348 e. The molecule has 6 nitrogen and oxygen atoms in total. The fourth-order valence-corrected chi connectivity index (χ4v) is 4.91. The number of benzene rings is 1. The molecular weight excluding hydrogens is 414 g/mol. The monoisotopic (exact) mass is 433 g/mol. The van der Waals surface area contributed by atoms with Crippen molar-refractivity contribution >= 4 is 48.5 Å². The summed E-state index contributed by atoms with van der Waals surface area (Å²) in [4.78, 5) is 21.5. The molecule has 0 N–H and O–H groups in total. The molecule has 1 aliphatic heterocycles. The number of fused-ring (bicyclic) bond motifs is 1. The Balaban J connectivity index is 1.42. The lowest BCUT2D eigenvalue weighted by Gasteiger charge is -2.36. The summed E-state index contributed by atoms with van der Waals surface area (Å²) in [5.41, 5.74) is 1.55. The van der Waals surface area contributed by atoms with Gasteiger partial charge in [-0.25, -0.2) is 4.98 Å². The van der Waals surface area contributed by atoms with Gasteiger partial charge in [0.15, 0.2) is 5.13 Å². The minimum absolute atomic E-state index is 0.00566. The van der Waals surface area contributed by atoms with Crippen molar-refractivity contribution < 1.29 is 4.79 Å². The lowest BCUT2D eigenvalue weighted by atomic mass is 10.0. The maximum Gasteiger partial charge on any atom is 0.274 e. The summed E-state index contributed by atoms with van der Waals surface area (Å²) >= 11 is 5.24. The number of hydrogen-bond acceptors (Lipinski definition) is 5. The van der Waals surface area contributed by atoms with E-state index in [0.717, 1.165) is 41.1 Å². The SMILES string of the molecule is CN(C(=O)c1ccn(C)n1)C1CCN(c2nc3ccc(Br)cc3s2)CC1. The summed E-state index contributed by atoms with van der Waals surface area (Å²) in [7, 11) is 3.71. The molecule has 2 aromatic heterocycles. The zero-order valence-corrected chi connectivity index (χ0v) is 17.1. The quantitative estimate of drug-likeness (QED) is 0.633. The molecule has 26 heavy (non-hydrogen) atoms. The Morgan fingerprint density at radius 3 is 2.77 bits per heavy atom. The average Bonchev–Trinajstić information content (AvgIpc) is 3.26. The number of rotatable bonds is 3. The van der Waals surface area contributed by atoms with Gasteiger partial charge in [0.1, 0.15) is 5.69 Å². The third kappa shape index (κ3) is 3.35. The molecule has 0 spiro atoms. The van der Waals surface area contributed by atoms with Crippen LogP contribution in [0.4, 0.5) is 5.13 Å². The summed E-state index contributed by atoms with van der Waals surface area (Å²) in [5.74, 6) is -0.00566. The minimum Gasteiger partial charge on any atom is -0.348 e. The van der Waals surface area contributed by atoms with E-state index in [1.165, 1.54) is 4.70 Å². The Bertz CT molecular complexity index is 944. The maximum atomic E-state index is 12.6. The van der Waals surface area contributed by atoms with Crippen molar-refractivity contribution in [2.45, 2.75) is 18.9 Å². The van der Waals surface area contributed by atoms with Crippen LogP contribution < -0.4 is 4.90 Å². The van der Waals surface area contributed by atoms with E-state index in [4.69, 9.17) is 4.98 Å². The topological polar surface area (TPSA) is 54.3 Å². The summed E-state index contributed by atoms with van der Waals surface area (Å²) in [6, 6.07) is 8.20. The molecule has 1 aliphatic rings.